The number of hydrogen-bond donors (Lipinski definition) is 2. The summed E-state index contributed by atoms with van der Waals surface area (Å²) in [7, 11) is -3.76. The number of rotatable bonds is 5. The Bertz CT molecular complexity index is 660. The lowest BCUT2D eigenvalue weighted by Gasteiger charge is -2.28. The zero-order valence-corrected chi connectivity index (χ0v) is 13.5. The van der Waals surface area contributed by atoms with Crippen molar-refractivity contribution in [2.75, 3.05) is 13.2 Å². The minimum atomic E-state index is -3.76. The summed E-state index contributed by atoms with van der Waals surface area (Å²) in [5.74, 6) is 0.949. The Labute approximate surface area is 129 Å². The third kappa shape index (κ3) is 3.28. The van der Waals surface area contributed by atoms with Crippen LogP contribution in [-0.2, 0) is 10.0 Å². The highest BCUT2D eigenvalue weighted by atomic mass is 32.2. The number of fused-ring (bicyclic) bond motifs is 1. The maximum absolute atomic E-state index is 12.5. The maximum Gasteiger partial charge on any atom is 0.241 e. The van der Waals surface area contributed by atoms with E-state index in [1.54, 1.807) is 13.0 Å². The third-order valence-corrected chi connectivity index (χ3v) is 5.48. The Kier molecular flexibility index (Phi) is 4.40. The molecule has 116 valence electrons. The Morgan fingerprint density at radius 2 is 2.00 bits per heavy atom. The standard InChI is InChI=1S/C13H18N2O4S2/c1-3-13(2,12(14)20)15-21(16,17)9-4-5-10-11(8-9)19-7-6-18-10/h4-5,8,15H,3,6-7H2,1-2H3,(H2,14,20). The van der Waals surface area contributed by atoms with Gasteiger partial charge in [0.15, 0.2) is 11.5 Å². The van der Waals surface area contributed by atoms with Crippen LogP contribution in [0.15, 0.2) is 23.1 Å². The Hall–Kier alpha value is -1.38. The van der Waals surface area contributed by atoms with Crippen LogP contribution in [0.3, 0.4) is 0 Å². The number of ether oxygens (including phenoxy) is 2. The zero-order valence-electron chi connectivity index (χ0n) is 11.9. The smallest absolute Gasteiger partial charge is 0.241 e. The monoisotopic (exact) mass is 330 g/mol. The van der Waals surface area contributed by atoms with E-state index in [0.717, 1.165) is 0 Å². The first-order valence-electron chi connectivity index (χ1n) is 6.52. The van der Waals surface area contributed by atoms with Crippen molar-refractivity contribution in [2.24, 2.45) is 5.73 Å². The second kappa shape index (κ2) is 5.78. The van der Waals surface area contributed by atoms with Gasteiger partial charge in [-0.05, 0) is 25.5 Å². The van der Waals surface area contributed by atoms with Crippen molar-refractivity contribution < 1.29 is 17.9 Å². The molecule has 3 N–H and O–H groups in total. The van der Waals surface area contributed by atoms with Gasteiger partial charge in [-0.3, -0.25) is 0 Å². The molecule has 1 aromatic rings. The van der Waals surface area contributed by atoms with Gasteiger partial charge < -0.3 is 15.2 Å². The summed E-state index contributed by atoms with van der Waals surface area (Å²) in [5, 5.41) is 0. The van der Waals surface area contributed by atoms with Gasteiger partial charge in [0.1, 0.15) is 13.2 Å². The lowest BCUT2D eigenvalue weighted by molar-refractivity contribution is 0.171. The molecule has 0 fully saturated rings. The Balaban J connectivity index is 2.34. The molecule has 0 saturated carbocycles. The molecular formula is C13H18N2O4S2. The van der Waals surface area contributed by atoms with Crippen LogP contribution in [0.1, 0.15) is 20.3 Å². The van der Waals surface area contributed by atoms with Gasteiger partial charge in [0.2, 0.25) is 10.0 Å². The molecular weight excluding hydrogens is 312 g/mol. The molecule has 1 aliphatic rings. The van der Waals surface area contributed by atoms with Crippen molar-refractivity contribution in [3.63, 3.8) is 0 Å². The number of nitrogens with two attached hydrogens (primary N) is 1. The second-order valence-electron chi connectivity index (χ2n) is 4.96. The highest BCUT2D eigenvalue weighted by Crippen LogP contribution is 2.32. The largest absolute Gasteiger partial charge is 0.486 e. The number of thiocarbonyl (C=S) groups is 1. The van der Waals surface area contributed by atoms with E-state index < -0.39 is 15.6 Å². The quantitative estimate of drug-likeness (QED) is 0.788. The molecule has 2 rings (SSSR count). The van der Waals surface area contributed by atoms with Crippen molar-refractivity contribution in [3.8, 4) is 11.5 Å². The van der Waals surface area contributed by atoms with Crippen LogP contribution >= 0.6 is 12.2 Å². The van der Waals surface area contributed by atoms with E-state index >= 15 is 0 Å². The highest BCUT2D eigenvalue weighted by Gasteiger charge is 2.32. The third-order valence-electron chi connectivity index (χ3n) is 3.43. The summed E-state index contributed by atoms with van der Waals surface area (Å²) in [6.07, 6.45) is 0.451. The summed E-state index contributed by atoms with van der Waals surface area (Å²) in [6, 6.07) is 4.48. The van der Waals surface area contributed by atoms with E-state index in [1.807, 2.05) is 6.92 Å². The molecule has 1 aliphatic heterocycles. The predicted octanol–water partition coefficient (Wildman–Crippen LogP) is 1.19. The van der Waals surface area contributed by atoms with Crippen LogP contribution in [0.2, 0.25) is 0 Å². The molecule has 0 aromatic heterocycles. The van der Waals surface area contributed by atoms with E-state index in [-0.39, 0.29) is 9.88 Å². The Morgan fingerprint density at radius 3 is 2.57 bits per heavy atom. The minimum absolute atomic E-state index is 0.0858. The van der Waals surface area contributed by atoms with E-state index in [9.17, 15) is 8.42 Å². The molecule has 1 unspecified atom stereocenters. The number of sulfonamides is 1. The average molecular weight is 330 g/mol. The molecule has 0 amide bonds. The normalized spacial score (nSPS) is 17.0. The van der Waals surface area contributed by atoms with Crippen molar-refractivity contribution in [1.29, 1.82) is 0 Å². The molecule has 21 heavy (non-hydrogen) atoms. The molecule has 0 saturated heterocycles. The molecule has 0 spiro atoms. The minimum Gasteiger partial charge on any atom is -0.486 e. The maximum atomic E-state index is 12.5. The van der Waals surface area contributed by atoms with E-state index in [4.69, 9.17) is 27.4 Å². The molecule has 0 bridgehead atoms. The van der Waals surface area contributed by atoms with Crippen molar-refractivity contribution in [3.05, 3.63) is 18.2 Å². The summed E-state index contributed by atoms with van der Waals surface area (Å²) in [5.41, 5.74) is 4.67. The molecule has 6 nitrogen and oxygen atoms in total. The van der Waals surface area contributed by atoms with Crippen LogP contribution in [0.4, 0.5) is 0 Å². The summed E-state index contributed by atoms with van der Waals surface area (Å²) in [4.78, 5) is 0.189. The van der Waals surface area contributed by atoms with Gasteiger partial charge in [-0.15, -0.1) is 0 Å². The Morgan fingerprint density at radius 1 is 1.38 bits per heavy atom. The van der Waals surface area contributed by atoms with Crippen LogP contribution in [0.5, 0.6) is 11.5 Å². The van der Waals surface area contributed by atoms with Gasteiger partial charge in [0, 0.05) is 6.07 Å². The first-order valence-corrected chi connectivity index (χ1v) is 8.41. The first kappa shape index (κ1) is 16.0. The van der Waals surface area contributed by atoms with Crippen LogP contribution < -0.4 is 19.9 Å². The van der Waals surface area contributed by atoms with Crippen molar-refractivity contribution in [2.45, 2.75) is 30.7 Å². The van der Waals surface area contributed by atoms with Crippen LogP contribution in [-0.4, -0.2) is 32.2 Å². The zero-order chi connectivity index (χ0) is 15.7. The SMILES string of the molecule is CCC(C)(NS(=O)(=O)c1ccc2c(c1)OCCO2)C(N)=S. The van der Waals surface area contributed by atoms with Gasteiger partial charge >= 0.3 is 0 Å². The molecule has 1 heterocycles. The van der Waals surface area contributed by atoms with Crippen molar-refractivity contribution in [1.82, 2.24) is 4.72 Å². The van der Waals surface area contributed by atoms with Gasteiger partial charge in [0.25, 0.3) is 0 Å². The van der Waals surface area contributed by atoms with Gasteiger partial charge in [-0.25, -0.2) is 8.42 Å². The lowest BCUT2D eigenvalue weighted by atomic mass is 10.0. The van der Waals surface area contributed by atoms with Crippen LogP contribution in [0.25, 0.3) is 0 Å². The fourth-order valence-electron chi connectivity index (χ4n) is 1.84. The number of nitrogens with one attached hydrogen (secondary N) is 1. The summed E-state index contributed by atoms with van der Waals surface area (Å²) >= 11 is 4.95. The second-order valence-corrected chi connectivity index (χ2v) is 7.08. The van der Waals surface area contributed by atoms with Crippen molar-refractivity contribution >= 4 is 27.2 Å². The van der Waals surface area contributed by atoms with Gasteiger partial charge in [-0.1, -0.05) is 19.1 Å². The summed E-state index contributed by atoms with van der Waals surface area (Å²) < 4.78 is 38.3. The lowest BCUT2D eigenvalue weighted by Crippen LogP contribution is -2.53. The highest BCUT2D eigenvalue weighted by molar-refractivity contribution is 7.89. The van der Waals surface area contributed by atoms with E-state index in [2.05, 4.69) is 4.72 Å². The predicted molar refractivity (Wildman–Crippen MR) is 83.2 cm³/mol. The average Bonchev–Trinajstić information content (AvgIpc) is 2.46. The molecule has 0 radical (unpaired) electrons. The number of benzene rings is 1. The molecule has 0 aliphatic carbocycles. The number of hydrogen-bond acceptors (Lipinski definition) is 5. The fourth-order valence-corrected chi connectivity index (χ4v) is 3.58. The van der Waals surface area contributed by atoms with E-state index in [1.165, 1.54) is 12.1 Å². The summed E-state index contributed by atoms with van der Waals surface area (Å²) in [6.45, 7) is 4.31. The molecule has 8 heteroatoms. The van der Waals surface area contributed by atoms with E-state index in [0.29, 0.717) is 31.1 Å². The topological polar surface area (TPSA) is 90.7 Å². The fraction of sp³-hybridized carbons (Fsp3) is 0.462. The van der Waals surface area contributed by atoms with Gasteiger partial charge in [0.05, 0.1) is 15.4 Å². The first-order chi connectivity index (χ1) is 9.78. The molecule has 1 atom stereocenters. The van der Waals surface area contributed by atoms with Crippen LogP contribution in [0, 0.1) is 0 Å². The molecule has 1 aromatic carbocycles. The van der Waals surface area contributed by atoms with Gasteiger partial charge in [-0.2, -0.15) is 4.72 Å².